The van der Waals surface area contributed by atoms with Gasteiger partial charge >= 0.3 is 11.9 Å². The van der Waals surface area contributed by atoms with E-state index < -0.39 is 11.9 Å². The number of rotatable bonds is 3. The van der Waals surface area contributed by atoms with Crippen molar-refractivity contribution in [3.63, 3.8) is 0 Å². The number of carbonyl (C=O) groups is 2. The monoisotopic (exact) mass is 187 g/mol. The van der Waals surface area contributed by atoms with Crippen molar-refractivity contribution in [2.24, 2.45) is 0 Å². The van der Waals surface area contributed by atoms with E-state index in [1.807, 2.05) is 0 Å². The van der Waals surface area contributed by atoms with Gasteiger partial charge in [-0.25, -0.2) is 9.78 Å². The first-order chi connectivity index (χ1) is 5.61. The number of thiazole rings is 1. The predicted octanol–water partition coefficient (Wildman–Crippen LogP) is 0.468. The Kier molecular flexibility index (Phi) is 2.39. The Bertz CT molecular complexity index is 319. The van der Waals surface area contributed by atoms with E-state index in [0.717, 1.165) is 11.3 Å². The second-order valence-electron chi connectivity index (χ2n) is 2.00. The Hall–Kier alpha value is -1.43. The number of aliphatic carboxylic acids is 1. The highest BCUT2D eigenvalue weighted by Crippen LogP contribution is 2.13. The molecule has 0 aliphatic rings. The van der Waals surface area contributed by atoms with E-state index in [4.69, 9.17) is 10.2 Å². The zero-order chi connectivity index (χ0) is 9.14. The van der Waals surface area contributed by atoms with Gasteiger partial charge in [0.25, 0.3) is 0 Å². The number of hydrogen-bond donors (Lipinski definition) is 2. The summed E-state index contributed by atoms with van der Waals surface area (Å²) in [5.41, 5.74) is 1.43. The second-order valence-corrected chi connectivity index (χ2v) is 2.86. The minimum absolute atomic E-state index is 0.00241. The topological polar surface area (TPSA) is 87.5 Å². The van der Waals surface area contributed by atoms with E-state index in [0.29, 0.717) is 0 Å². The Morgan fingerprint density at radius 1 is 1.50 bits per heavy atom. The molecule has 0 spiro atoms. The fourth-order valence-corrected chi connectivity index (χ4v) is 1.36. The summed E-state index contributed by atoms with van der Waals surface area (Å²) in [6, 6.07) is 0. The van der Waals surface area contributed by atoms with Crippen LogP contribution < -0.4 is 0 Å². The molecule has 0 aliphatic heterocycles. The van der Waals surface area contributed by atoms with Gasteiger partial charge < -0.3 is 10.2 Å². The molecule has 0 atom stereocenters. The molecule has 0 bridgehead atoms. The molecule has 64 valence electrons. The summed E-state index contributed by atoms with van der Waals surface area (Å²) in [5, 5.41) is 16.9. The average Bonchev–Trinajstić information content (AvgIpc) is 2.33. The van der Waals surface area contributed by atoms with Crippen LogP contribution in [-0.2, 0) is 11.2 Å². The minimum atomic E-state index is -1.13. The van der Waals surface area contributed by atoms with Crippen LogP contribution in [0, 0.1) is 0 Å². The number of hydrogen-bond acceptors (Lipinski definition) is 4. The summed E-state index contributed by atoms with van der Waals surface area (Å²) in [4.78, 5) is 24.3. The molecule has 1 heterocycles. The number of carboxylic acid groups (broad SMARTS) is 2. The number of nitrogens with zero attached hydrogens (tertiary/aromatic N) is 1. The van der Waals surface area contributed by atoms with E-state index >= 15 is 0 Å². The van der Waals surface area contributed by atoms with Crippen molar-refractivity contribution in [1.82, 2.24) is 4.98 Å². The van der Waals surface area contributed by atoms with Crippen molar-refractivity contribution in [3.8, 4) is 0 Å². The van der Waals surface area contributed by atoms with Crippen molar-refractivity contribution in [2.45, 2.75) is 6.42 Å². The average molecular weight is 187 g/mol. The molecule has 0 fully saturated rings. The standard InChI is InChI=1S/C6H5NO4S/c8-4(9)1-3-5(6(10)11)12-2-7-3/h2H,1H2,(H,8,9)(H,10,11). The Morgan fingerprint density at radius 2 is 2.17 bits per heavy atom. The summed E-state index contributed by atoms with van der Waals surface area (Å²) < 4.78 is 0. The first kappa shape index (κ1) is 8.66. The van der Waals surface area contributed by atoms with E-state index in [9.17, 15) is 9.59 Å². The Balaban J connectivity index is 2.91. The van der Waals surface area contributed by atoms with Gasteiger partial charge in [0.15, 0.2) is 0 Å². The second kappa shape index (κ2) is 3.31. The van der Waals surface area contributed by atoms with Crippen LogP contribution in [0.1, 0.15) is 15.4 Å². The molecular formula is C6H5NO4S. The molecule has 0 aliphatic carbocycles. The summed E-state index contributed by atoms with van der Waals surface area (Å²) >= 11 is 0.926. The fourth-order valence-electron chi connectivity index (χ4n) is 0.712. The van der Waals surface area contributed by atoms with Gasteiger partial charge in [0.1, 0.15) is 4.88 Å². The SMILES string of the molecule is O=C(O)Cc1ncsc1C(=O)O. The molecule has 12 heavy (non-hydrogen) atoms. The van der Waals surface area contributed by atoms with Crippen LogP contribution in [0.5, 0.6) is 0 Å². The zero-order valence-electron chi connectivity index (χ0n) is 5.85. The predicted molar refractivity (Wildman–Crippen MR) is 40.4 cm³/mol. The molecular weight excluding hydrogens is 182 g/mol. The first-order valence-electron chi connectivity index (χ1n) is 2.98. The van der Waals surface area contributed by atoms with Gasteiger partial charge in [-0.15, -0.1) is 11.3 Å². The van der Waals surface area contributed by atoms with Crippen LogP contribution in [0.4, 0.5) is 0 Å². The van der Waals surface area contributed by atoms with Gasteiger partial charge in [-0.2, -0.15) is 0 Å². The van der Waals surface area contributed by atoms with Crippen LogP contribution in [0.25, 0.3) is 0 Å². The van der Waals surface area contributed by atoms with Crippen molar-refractivity contribution >= 4 is 23.3 Å². The summed E-state index contributed by atoms with van der Waals surface area (Å²) in [6.45, 7) is 0. The molecule has 0 amide bonds. The molecule has 0 saturated carbocycles. The molecule has 0 radical (unpaired) electrons. The highest BCUT2D eigenvalue weighted by atomic mass is 32.1. The lowest BCUT2D eigenvalue weighted by Crippen LogP contribution is -2.05. The number of aromatic carboxylic acids is 1. The molecule has 1 aromatic rings. The third kappa shape index (κ3) is 1.79. The van der Waals surface area contributed by atoms with Crippen LogP contribution in [0.2, 0.25) is 0 Å². The summed E-state index contributed by atoms with van der Waals surface area (Å²) in [7, 11) is 0. The normalized spacial score (nSPS) is 9.67. The third-order valence-electron chi connectivity index (χ3n) is 1.15. The lowest BCUT2D eigenvalue weighted by Gasteiger charge is -1.91. The van der Waals surface area contributed by atoms with Crippen LogP contribution >= 0.6 is 11.3 Å². The lowest BCUT2D eigenvalue weighted by atomic mass is 10.3. The summed E-state index contributed by atoms with van der Waals surface area (Å²) in [5.74, 6) is -2.21. The quantitative estimate of drug-likeness (QED) is 0.718. The van der Waals surface area contributed by atoms with Crippen molar-refractivity contribution in [3.05, 3.63) is 16.1 Å². The molecule has 0 unspecified atom stereocenters. The smallest absolute Gasteiger partial charge is 0.347 e. The highest BCUT2D eigenvalue weighted by molar-refractivity contribution is 7.11. The van der Waals surface area contributed by atoms with Crippen LogP contribution in [0.15, 0.2) is 5.51 Å². The maximum absolute atomic E-state index is 10.4. The van der Waals surface area contributed by atoms with E-state index in [1.165, 1.54) is 5.51 Å². The largest absolute Gasteiger partial charge is 0.481 e. The Morgan fingerprint density at radius 3 is 2.67 bits per heavy atom. The summed E-state index contributed by atoms with van der Waals surface area (Å²) in [6.07, 6.45) is -0.342. The molecule has 1 rings (SSSR count). The van der Waals surface area contributed by atoms with Crippen molar-refractivity contribution in [1.29, 1.82) is 0 Å². The fraction of sp³-hybridized carbons (Fsp3) is 0.167. The van der Waals surface area contributed by atoms with Gasteiger partial charge in [-0.3, -0.25) is 4.79 Å². The molecule has 1 aromatic heterocycles. The van der Waals surface area contributed by atoms with E-state index in [2.05, 4.69) is 4.98 Å². The lowest BCUT2D eigenvalue weighted by molar-refractivity contribution is -0.136. The zero-order valence-corrected chi connectivity index (χ0v) is 6.67. The first-order valence-corrected chi connectivity index (χ1v) is 3.86. The maximum atomic E-state index is 10.4. The molecule has 0 aromatic carbocycles. The van der Waals surface area contributed by atoms with E-state index in [-0.39, 0.29) is 17.0 Å². The third-order valence-corrected chi connectivity index (χ3v) is 2.01. The van der Waals surface area contributed by atoms with Gasteiger partial charge in [-0.05, 0) is 0 Å². The number of aromatic nitrogens is 1. The minimum Gasteiger partial charge on any atom is -0.481 e. The van der Waals surface area contributed by atoms with Crippen molar-refractivity contribution < 1.29 is 19.8 Å². The molecule has 6 heteroatoms. The van der Waals surface area contributed by atoms with Crippen LogP contribution in [0.3, 0.4) is 0 Å². The highest BCUT2D eigenvalue weighted by Gasteiger charge is 2.15. The van der Waals surface area contributed by atoms with Crippen molar-refractivity contribution in [2.75, 3.05) is 0 Å². The van der Waals surface area contributed by atoms with Gasteiger partial charge in [0.05, 0.1) is 17.6 Å². The van der Waals surface area contributed by atoms with Crippen LogP contribution in [-0.4, -0.2) is 27.1 Å². The number of carboxylic acids is 2. The molecule has 2 N–H and O–H groups in total. The molecule has 5 nitrogen and oxygen atoms in total. The molecule has 0 saturated heterocycles. The Labute approximate surface area is 71.3 Å². The van der Waals surface area contributed by atoms with Gasteiger partial charge in [0, 0.05) is 0 Å². The maximum Gasteiger partial charge on any atom is 0.347 e. The van der Waals surface area contributed by atoms with Gasteiger partial charge in [-0.1, -0.05) is 0 Å². The van der Waals surface area contributed by atoms with Gasteiger partial charge in [0.2, 0.25) is 0 Å². The van der Waals surface area contributed by atoms with E-state index in [1.54, 1.807) is 0 Å².